The highest BCUT2D eigenvalue weighted by Gasteiger charge is 2.22. The summed E-state index contributed by atoms with van der Waals surface area (Å²) in [6.07, 6.45) is -0.258. The molecule has 1 heterocycles. The zero-order chi connectivity index (χ0) is 12.3. The second kappa shape index (κ2) is 5.62. The van der Waals surface area contributed by atoms with Gasteiger partial charge in [0, 0.05) is 24.1 Å². The Morgan fingerprint density at radius 3 is 3.00 bits per heavy atom. The standard InChI is InChI=1S/C12H16BrN3O/c13-10-4-2-1-3-9(10)7-16-5-6-17-11(8-16)12(14)15/h1-4,11H,5-8H2,(H3,14,15). The Morgan fingerprint density at radius 2 is 2.29 bits per heavy atom. The number of amidine groups is 1. The van der Waals surface area contributed by atoms with E-state index < -0.39 is 0 Å². The maximum absolute atomic E-state index is 7.42. The van der Waals surface area contributed by atoms with Crippen LogP contribution in [0.4, 0.5) is 0 Å². The van der Waals surface area contributed by atoms with E-state index in [9.17, 15) is 0 Å². The number of ether oxygens (including phenoxy) is 1. The summed E-state index contributed by atoms with van der Waals surface area (Å²) in [7, 11) is 0. The molecule has 1 saturated heterocycles. The average Bonchev–Trinajstić information content (AvgIpc) is 2.32. The summed E-state index contributed by atoms with van der Waals surface area (Å²) >= 11 is 3.54. The Bertz CT molecular complexity index is 410. The van der Waals surface area contributed by atoms with E-state index in [2.05, 4.69) is 26.9 Å². The van der Waals surface area contributed by atoms with Crippen LogP contribution in [0.25, 0.3) is 0 Å². The summed E-state index contributed by atoms with van der Waals surface area (Å²) in [4.78, 5) is 2.26. The molecule has 0 aliphatic carbocycles. The van der Waals surface area contributed by atoms with Gasteiger partial charge in [0.25, 0.3) is 0 Å². The first-order valence-electron chi connectivity index (χ1n) is 5.58. The van der Waals surface area contributed by atoms with Crippen molar-refractivity contribution < 1.29 is 4.74 Å². The van der Waals surface area contributed by atoms with Gasteiger partial charge < -0.3 is 10.5 Å². The third-order valence-electron chi connectivity index (χ3n) is 2.85. The van der Waals surface area contributed by atoms with Gasteiger partial charge in [-0.05, 0) is 11.6 Å². The lowest BCUT2D eigenvalue weighted by atomic mass is 10.2. The molecule has 1 aromatic carbocycles. The van der Waals surface area contributed by atoms with Crippen molar-refractivity contribution in [2.24, 2.45) is 5.73 Å². The Kier molecular flexibility index (Phi) is 4.15. The van der Waals surface area contributed by atoms with Crippen LogP contribution in [0.3, 0.4) is 0 Å². The van der Waals surface area contributed by atoms with Crippen LogP contribution in [0.5, 0.6) is 0 Å². The zero-order valence-corrected chi connectivity index (χ0v) is 11.1. The zero-order valence-electron chi connectivity index (χ0n) is 9.53. The second-order valence-corrected chi connectivity index (χ2v) is 5.00. The molecule has 1 aliphatic heterocycles. The lowest BCUT2D eigenvalue weighted by Gasteiger charge is -2.32. The molecule has 0 bridgehead atoms. The third-order valence-corrected chi connectivity index (χ3v) is 3.62. The summed E-state index contributed by atoms with van der Waals surface area (Å²) in [5.74, 6) is 0.113. The Labute approximate surface area is 109 Å². The fourth-order valence-electron chi connectivity index (χ4n) is 1.90. The van der Waals surface area contributed by atoms with E-state index in [1.807, 2.05) is 18.2 Å². The van der Waals surface area contributed by atoms with Gasteiger partial charge in [-0.25, -0.2) is 0 Å². The fraction of sp³-hybridized carbons (Fsp3) is 0.417. The van der Waals surface area contributed by atoms with Gasteiger partial charge >= 0.3 is 0 Å². The highest BCUT2D eigenvalue weighted by Crippen LogP contribution is 2.19. The highest BCUT2D eigenvalue weighted by atomic mass is 79.9. The molecule has 3 N–H and O–H groups in total. The number of nitrogens with zero attached hydrogens (tertiary/aromatic N) is 1. The molecule has 1 atom stereocenters. The van der Waals surface area contributed by atoms with Crippen LogP contribution in [0, 0.1) is 5.41 Å². The molecule has 4 nitrogen and oxygen atoms in total. The smallest absolute Gasteiger partial charge is 0.127 e. The van der Waals surface area contributed by atoms with Crippen molar-refractivity contribution in [2.75, 3.05) is 19.7 Å². The van der Waals surface area contributed by atoms with Crippen LogP contribution in [0.2, 0.25) is 0 Å². The molecule has 2 rings (SSSR count). The number of hydrogen-bond acceptors (Lipinski definition) is 3. The SMILES string of the molecule is N=C(N)C1CN(Cc2ccccc2Br)CCO1. The summed E-state index contributed by atoms with van der Waals surface area (Å²) in [5, 5.41) is 7.42. The molecular formula is C12H16BrN3O. The first-order valence-corrected chi connectivity index (χ1v) is 6.37. The van der Waals surface area contributed by atoms with Gasteiger partial charge in [-0.3, -0.25) is 10.3 Å². The Balaban J connectivity index is 1.99. The van der Waals surface area contributed by atoms with E-state index >= 15 is 0 Å². The summed E-state index contributed by atoms with van der Waals surface area (Å²) in [5.41, 5.74) is 6.72. The number of hydrogen-bond donors (Lipinski definition) is 2. The Morgan fingerprint density at radius 1 is 1.53 bits per heavy atom. The molecule has 0 aromatic heterocycles. The monoisotopic (exact) mass is 297 g/mol. The number of nitrogens with one attached hydrogen (secondary N) is 1. The van der Waals surface area contributed by atoms with Crippen molar-refractivity contribution >= 4 is 21.8 Å². The maximum atomic E-state index is 7.42. The number of benzene rings is 1. The van der Waals surface area contributed by atoms with Gasteiger partial charge in [-0.1, -0.05) is 34.1 Å². The van der Waals surface area contributed by atoms with Crippen molar-refractivity contribution in [1.82, 2.24) is 4.90 Å². The van der Waals surface area contributed by atoms with Gasteiger partial charge in [-0.15, -0.1) is 0 Å². The molecule has 1 unspecified atom stereocenters. The third kappa shape index (κ3) is 3.28. The van der Waals surface area contributed by atoms with Crippen molar-refractivity contribution in [3.63, 3.8) is 0 Å². The van der Waals surface area contributed by atoms with Crippen molar-refractivity contribution in [2.45, 2.75) is 12.6 Å². The number of halogens is 1. The van der Waals surface area contributed by atoms with E-state index in [0.29, 0.717) is 13.2 Å². The second-order valence-electron chi connectivity index (χ2n) is 4.14. The van der Waals surface area contributed by atoms with Crippen molar-refractivity contribution in [1.29, 1.82) is 5.41 Å². The minimum absolute atomic E-state index is 0.113. The van der Waals surface area contributed by atoms with E-state index in [-0.39, 0.29) is 11.9 Å². The maximum Gasteiger partial charge on any atom is 0.127 e. The van der Waals surface area contributed by atoms with Gasteiger partial charge in [0.05, 0.1) is 6.61 Å². The lowest BCUT2D eigenvalue weighted by molar-refractivity contribution is 0.00229. The highest BCUT2D eigenvalue weighted by molar-refractivity contribution is 9.10. The molecule has 92 valence electrons. The molecule has 17 heavy (non-hydrogen) atoms. The van der Waals surface area contributed by atoms with Crippen LogP contribution in [-0.2, 0) is 11.3 Å². The predicted molar refractivity (Wildman–Crippen MR) is 71.1 cm³/mol. The molecule has 1 fully saturated rings. The quantitative estimate of drug-likeness (QED) is 0.658. The van der Waals surface area contributed by atoms with Crippen LogP contribution >= 0.6 is 15.9 Å². The van der Waals surface area contributed by atoms with Gasteiger partial charge in [0.2, 0.25) is 0 Å². The van der Waals surface area contributed by atoms with Crippen molar-refractivity contribution in [3.05, 3.63) is 34.3 Å². The first kappa shape index (κ1) is 12.5. The average molecular weight is 298 g/mol. The molecule has 5 heteroatoms. The normalized spacial score (nSPS) is 21.4. The Hall–Kier alpha value is -0.910. The van der Waals surface area contributed by atoms with Crippen LogP contribution in [0.15, 0.2) is 28.7 Å². The molecule has 0 saturated carbocycles. The molecule has 0 radical (unpaired) electrons. The number of morpholine rings is 1. The molecule has 0 spiro atoms. The van der Waals surface area contributed by atoms with E-state index in [1.165, 1.54) is 5.56 Å². The number of rotatable bonds is 3. The summed E-state index contributed by atoms with van der Waals surface area (Å²) < 4.78 is 6.55. The minimum atomic E-state index is -0.258. The van der Waals surface area contributed by atoms with Gasteiger partial charge in [0.1, 0.15) is 11.9 Å². The van der Waals surface area contributed by atoms with E-state index in [0.717, 1.165) is 17.6 Å². The van der Waals surface area contributed by atoms with Gasteiger partial charge in [-0.2, -0.15) is 0 Å². The lowest BCUT2D eigenvalue weighted by Crippen LogP contribution is -2.47. The van der Waals surface area contributed by atoms with Crippen LogP contribution in [0.1, 0.15) is 5.56 Å². The minimum Gasteiger partial charge on any atom is -0.385 e. The topological polar surface area (TPSA) is 62.3 Å². The van der Waals surface area contributed by atoms with E-state index in [1.54, 1.807) is 0 Å². The first-order chi connectivity index (χ1) is 8.16. The fourth-order valence-corrected chi connectivity index (χ4v) is 2.31. The predicted octanol–water partition coefficient (Wildman–Crippen LogP) is 1.59. The molecule has 1 aliphatic rings. The largest absolute Gasteiger partial charge is 0.385 e. The van der Waals surface area contributed by atoms with Crippen LogP contribution in [-0.4, -0.2) is 36.5 Å². The molecule has 1 aromatic rings. The van der Waals surface area contributed by atoms with E-state index in [4.69, 9.17) is 15.9 Å². The number of nitrogens with two attached hydrogens (primary N) is 1. The molecular weight excluding hydrogens is 282 g/mol. The van der Waals surface area contributed by atoms with Crippen LogP contribution < -0.4 is 5.73 Å². The molecule has 0 amide bonds. The summed E-state index contributed by atoms with van der Waals surface area (Å²) in [6, 6.07) is 8.18. The van der Waals surface area contributed by atoms with Gasteiger partial charge in [0.15, 0.2) is 0 Å². The summed E-state index contributed by atoms with van der Waals surface area (Å²) in [6.45, 7) is 3.06. The van der Waals surface area contributed by atoms with Crippen molar-refractivity contribution in [3.8, 4) is 0 Å².